The normalized spacial score (nSPS) is 11.7. The molecule has 19 heavy (non-hydrogen) atoms. The summed E-state index contributed by atoms with van der Waals surface area (Å²) in [5.74, 6) is -3.30. The number of nitrogens with one attached hydrogen (secondary N) is 1. The number of amides is 1. The average molecular weight is 330 g/mol. The van der Waals surface area contributed by atoms with E-state index in [1.165, 1.54) is 0 Å². The van der Waals surface area contributed by atoms with E-state index in [0.29, 0.717) is 15.6 Å². The van der Waals surface area contributed by atoms with Crippen molar-refractivity contribution in [3.05, 3.63) is 33.8 Å². The monoisotopic (exact) mass is 329 g/mol. The molecular formula is C12H12BrNO5. The molecule has 102 valence electrons. The third kappa shape index (κ3) is 4.36. The quantitative estimate of drug-likeness (QED) is 0.757. The highest BCUT2D eigenvalue weighted by Gasteiger charge is 2.24. The molecule has 1 rings (SSSR count). The molecule has 0 spiro atoms. The van der Waals surface area contributed by atoms with E-state index in [4.69, 9.17) is 10.2 Å². The summed E-state index contributed by atoms with van der Waals surface area (Å²) in [6, 6.07) is 3.54. The van der Waals surface area contributed by atoms with Gasteiger partial charge in [0.25, 0.3) is 5.91 Å². The Balaban J connectivity index is 2.90. The summed E-state index contributed by atoms with van der Waals surface area (Å²) >= 11 is 3.21. The predicted molar refractivity (Wildman–Crippen MR) is 70.0 cm³/mol. The highest BCUT2D eigenvalue weighted by Crippen LogP contribution is 2.16. The number of carboxylic acid groups (broad SMARTS) is 2. The van der Waals surface area contributed by atoms with Crippen LogP contribution in [0.1, 0.15) is 22.3 Å². The van der Waals surface area contributed by atoms with E-state index < -0.39 is 30.3 Å². The highest BCUT2D eigenvalue weighted by molar-refractivity contribution is 9.10. The summed E-state index contributed by atoms with van der Waals surface area (Å²) in [7, 11) is 0. The van der Waals surface area contributed by atoms with Gasteiger partial charge in [-0.25, -0.2) is 4.79 Å². The first kappa shape index (κ1) is 15.2. The molecule has 1 amide bonds. The summed E-state index contributed by atoms with van der Waals surface area (Å²) in [5.41, 5.74) is 0.964. The fraction of sp³-hybridized carbons (Fsp3) is 0.250. The zero-order chi connectivity index (χ0) is 14.6. The van der Waals surface area contributed by atoms with Crippen LogP contribution in [0.5, 0.6) is 0 Å². The van der Waals surface area contributed by atoms with Gasteiger partial charge in [0.1, 0.15) is 6.04 Å². The number of hydrogen-bond acceptors (Lipinski definition) is 3. The number of aliphatic carboxylic acids is 2. The van der Waals surface area contributed by atoms with Gasteiger partial charge in [-0.2, -0.15) is 0 Å². The Morgan fingerprint density at radius 2 is 1.95 bits per heavy atom. The Hall–Kier alpha value is -1.89. The molecule has 0 aliphatic rings. The van der Waals surface area contributed by atoms with Crippen LogP contribution in [0.3, 0.4) is 0 Å². The van der Waals surface area contributed by atoms with Gasteiger partial charge in [0.05, 0.1) is 6.42 Å². The zero-order valence-corrected chi connectivity index (χ0v) is 11.6. The standard InChI is InChI=1S/C12H12BrNO5/c1-6-2-3-7(13)4-8(6)11(17)14-9(12(18)19)5-10(15)16/h2-4,9H,5H2,1H3,(H,14,17)(H,15,16)(H,18,19). The van der Waals surface area contributed by atoms with Gasteiger partial charge in [0, 0.05) is 10.0 Å². The number of benzene rings is 1. The molecule has 7 heteroatoms. The molecule has 0 heterocycles. The second-order valence-electron chi connectivity index (χ2n) is 3.92. The number of aryl methyl sites for hydroxylation is 1. The molecule has 0 aliphatic carbocycles. The van der Waals surface area contributed by atoms with E-state index in [1.54, 1.807) is 25.1 Å². The summed E-state index contributed by atoms with van der Waals surface area (Å²) in [5, 5.41) is 19.6. The lowest BCUT2D eigenvalue weighted by Crippen LogP contribution is -2.42. The van der Waals surface area contributed by atoms with Gasteiger partial charge in [-0.1, -0.05) is 22.0 Å². The molecule has 3 N–H and O–H groups in total. The van der Waals surface area contributed by atoms with Crippen LogP contribution >= 0.6 is 15.9 Å². The van der Waals surface area contributed by atoms with Crippen molar-refractivity contribution in [2.24, 2.45) is 0 Å². The molecule has 1 atom stereocenters. The summed E-state index contributed by atoms with van der Waals surface area (Å²) in [4.78, 5) is 33.3. The maximum absolute atomic E-state index is 11.9. The van der Waals surface area contributed by atoms with Crippen molar-refractivity contribution in [1.29, 1.82) is 0 Å². The first-order chi connectivity index (χ1) is 8.81. The maximum Gasteiger partial charge on any atom is 0.326 e. The van der Waals surface area contributed by atoms with Crippen LogP contribution in [0.4, 0.5) is 0 Å². The molecule has 0 saturated heterocycles. The van der Waals surface area contributed by atoms with Crippen LogP contribution in [0.25, 0.3) is 0 Å². The minimum Gasteiger partial charge on any atom is -0.481 e. The largest absolute Gasteiger partial charge is 0.481 e. The second kappa shape index (κ2) is 6.33. The molecule has 6 nitrogen and oxygen atoms in total. The number of halogens is 1. The van der Waals surface area contributed by atoms with Crippen molar-refractivity contribution in [1.82, 2.24) is 5.32 Å². The van der Waals surface area contributed by atoms with Gasteiger partial charge >= 0.3 is 11.9 Å². The third-order valence-corrected chi connectivity index (χ3v) is 2.92. The minimum absolute atomic E-state index is 0.297. The maximum atomic E-state index is 11.9. The van der Waals surface area contributed by atoms with Crippen LogP contribution in [-0.4, -0.2) is 34.1 Å². The number of carbonyl (C=O) groups excluding carboxylic acids is 1. The Morgan fingerprint density at radius 1 is 1.32 bits per heavy atom. The Kier molecular flexibility index (Phi) is 5.05. The molecule has 0 bridgehead atoms. The van der Waals surface area contributed by atoms with Crippen molar-refractivity contribution >= 4 is 33.8 Å². The Morgan fingerprint density at radius 3 is 2.47 bits per heavy atom. The first-order valence-corrected chi connectivity index (χ1v) is 6.12. The summed E-state index contributed by atoms with van der Waals surface area (Å²) in [6.45, 7) is 1.70. The second-order valence-corrected chi connectivity index (χ2v) is 4.84. The zero-order valence-electron chi connectivity index (χ0n) is 10.0. The molecule has 1 aromatic rings. The lowest BCUT2D eigenvalue weighted by molar-refractivity contribution is -0.145. The lowest BCUT2D eigenvalue weighted by Gasteiger charge is -2.13. The molecule has 0 aromatic heterocycles. The smallest absolute Gasteiger partial charge is 0.326 e. The van der Waals surface area contributed by atoms with E-state index in [9.17, 15) is 14.4 Å². The lowest BCUT2D eigenvalue weighted by atomic mass is 10.1. The highest BCUT2D eigenvalue weighted by atomic mass is 79.9. The fourth-order valence-corrected chi connectivity index (χ4v) is 1.81. The fourth-order valence-electron chi connectivity index (χ4n) is 1.45. The summed E-state index contributed by atoms with van der Waals surface area (Å²) < 4.78 is 0.674. The Bertz CT molecular complexity index is 529. The van der Waals surface area contributed by atoms with Crippen molar-refractivity contribution in [3.8, 4) is 0 Å². The molecule has 0 fully saturated rings. The van der Waals surface area contributed by atoms with Gasteiger partial charge in [-0.15, -0.1) is 0 Å². The predicted octanol–water partition coefficient (Wildman–Crippen LogP) is 1.42. The van der Waals surface area contributed by atoms with Gasteiger partial charge < -0.3 is 15.5 Å². The number of rotatable bonds is 5. The number of carbonyl (C=O) groups is 3. The first-order valence-electron chi connectivity index (χ1n) is 5.33. The van der Waals surface area contributed by atoms with E-state index >= 15 is 0 Å². The molecule has 0 aliphatic heterocycles. The van der Waals surface area contributed by atoms with Gasteiger partial charge in [0.15, 0.2) is 0 Å². The molecule has 1 unspecified atom stereocenters. The van der Waals surface area contributed by atoms with Crippen molar-refractivity contribution in [3.63, 3.8) is 0 Å². The van der Waals surface area contributed by atoms with Crippen LogP contribution < -0.4 is 5.32 Å². The Labute approximate surface area is 117 Å². The van der Waals surface area contributed by atoms with Crippen LogP contribution in [0, 0.1) is 6.92 Å². The van der Waals surface area contributed by atoms with E-state index in [1.807, 2.05) is 0 Å². The van der Waals surface area contributed by atoms with E-state index in [-0.39, 0.29) is 0 Å². The third-order valence-electron chi connectivity index (χ3n) is 2.43. The topological polar surface area (TPSA) is 104 Å². The SMILES string of the molecule is Cc1ccc(Br)cc1C(=O)NC(CC(=O)O)C(=O)O. The van der Waals surface area contributed by atoms with Gasteiger partial charge in [0.2, 0.25) is 0 Å². The molecule has 0 saturated carbocycles. The van der Waals surface area contributed by atoms with Crippen molar-refractivity contribution in [2.75, 3.05) is 0 Å². The summed E-state index contributed by atoms with van der Waals surface area (Å²) in [6.07, 6.45) is -0.672. The van der Waals surface area contributed by atoms with Crippen molar-refractivity contribution in [2.45, 2.75) is 19.4 Å². The van der Waals surface area contributed by atoms with Gasteiger partial charge in [-0.3, -0.25) is 9.59 Å². The van der Waals surface area contributed by atoms with Gasteiger partial charge in [-0.05, 0) is 24.6 Å². The average Bonchev–Trinajstić information content (AvgIpc) is 2.30. The number of hydrogen-bond donors (Lipinski definition) is 3. The van der Waals surface area contributed by atoms with Crippen molar-refractivity contribution < 1.29 is 24.6 Å². The molecule has 1 aromatic carbocycles. The molecule has 0 radical (unpaired) electrons. The number of carboxylic acids is 2. The minimum atomic E-state index is -1.46. The van der Waals surface area contributed by atoms with Crippen LogP contribution in [0.2, 0.25) is 0 Å². The van der Waals surface area contributed by atoms with Crippen LogP contribution in [-0.2, 0) is 9.59 Å². The van der Waals surface area contributed by atoms with Crippen LogP contribution in [0.15, 0.2) is 22.7 Å². The van der Waals surface area contributed by atoms with E-state index in [0.717, 1.165) is 0 Å². The van der Waals surface area contributed by atoms with E-state index in [2.05, 4.69) is 21.2 Å². The molecular weight excluding hydrogens is 318 g/mol.